The number of hydrogen-bond donors (Lipinski definition) is 1. The van der Waals surface area contributed by atoms with Gasteiger partial charge in [-0.1, -0.05) is 32.6 Å². The van der Waals surface area contributed by atoms with Crippen LogP contribution in [0.1, 0.15) is 51.9 Å². The first kappa shape index (κ1) is 15.4. The largest absolute Gasteiger partial charge is 0.468 e. The molecular formula is C14H27NO3. The minimum atomic E-state index is -0.682. The van der Waals surface area contributed by atoms with Gasteiger partial charge in [0.25, 0.3) is 0 Å². The van der Waals surface area contributed by atoms with Crippen LogP contribution in [0.4, 0.5) is 0 Å². The molecule has 0 aliphatic heterocycles. The maximum Gasteiger partial charge on any atom is 0.328 e. The molecule has 0 aromatic carbocycles. The molecule has 0 bridgehead atoms. The van der Waals surface area contributed by atoms with E-state index < -0.39 is 5.54 Å². The molecule has 1 fully saturated rings. The molecule has 1 saturated carbocycles. The van der Waals surface area contributed by atoms with Gasteiger partial charge in [0.1, 0.15) is 5.54 Å². The van der Waals surface area contributed by atoms with E-state index in [-0.39, 0.29) is 5.97 Å². The lowest BCUT2D eigenvalue weighted by molar-refractivity contribution is -0.152. The Morgan fingerprint density at radius 2 is 1.83 bits per heavy atom. The number of rotatable bonds is 6. The van der Waals surface area contributed by atoms with Gasteiger partial charge in [0.2, 0.25) is 0 Å². The molecular weight excluding hydrogens is 230 g/mol. The van der Waals surface area contributed by atoms with Crippen LogP contribution in [0, 0.1) is 0 Å². The van der Waals surface area contributed by atoms with Crippen LogP contribution >= 0.6 is 0 Å². The average molecular weight is 257 g/mol. The zero-order valence-electron chi connectivity index (χ0n) is 12.0. The fourth-order valence-corrected chi connectivity index (χ4v) is 2.76. The van der Waals surface area contributed by atoms with Gasteiger partial charge < -0.3 is 9.47 Å². The number of methoxy groups -OCH3 is 2. The second kappa shape index (κ2) is 7.74. The van der Waals surface area contributed by atoms with Crippen molar-refractivity contribution in [2.45, 2.75) is 63.5 Å². The molecule has 0 amide bonds. The summed E-state index contributed by atoms with van der Waals surface area (Å²) in [5, 5.41) is 3.51. The molecule has 0 spiro atoms. The highest BCUT2D eigenvalue weighted by molar-refractivity contribution is 5.81. The van der Waals surface area contributed by atoms with E-state index >= 15 is 0 Å². The Labute approximate surface area is 110 Å². The topological polar surface area (TPSA) is 47.6 Å². The Kier molecular flexibility index (Phi) is 6.65. The number of carbonyl (C=O) groups excluding carboxylic acids is 1. The minimum absolute atomic E-state index is 0.212. The van der Waals surface area contributed by atoms with E-state index in [9.17, 15) is 4.79 Å². The maximum absolute atomic E-state index is 12.0. The van der Waals surface area contributed by atoms with E-state index in [1.807, 2.05) is 6.92 Å². The van der Waals surface area contributed by atoms with Crippen molar-refractivity contribution in [1.29, 1.82) is 0 Å². The van der Waals surface area contributed by atoms with Crippen molar-refractivity contribution >= 4 is 5.97 Å². The van der Waals surface area contributed by atoms with Crippen molar-refractivity contribution in [2.24, 2.45) is 0 Å². The van der Waals surface area contributed by atoms with Gasteiger partial charge in [-0.2, -0.15) is 0 Å². The third kappa shape index (κ3) is 3.95. The summed E-state index contributed by atoms with van der Waals surface area (Å²) in [6.45, 7) is 2.37. The quantitative estimate of drug-likeness (QED) is 0.586. The molecule has 106 valence electrons. The molecule has 1 unspecified atom stereocenters. The Hall–Kier alpha value is -0.610. The second-order valence-corrected chi connectivity index (χ2v) is 5.19. The molecule has 1 N–H and O–H groups in total. The lowest BCUT2D eigenvalue weighted by Crippen LogP contribution is -2.59. The van der Waals surface area contributed by atoms with E-state index in [2.05, 4.69) is 5.32 Å². The molecule has 18 heavy (non-hydrogen) atoms. The minimum Gasteiger partial charge on any atom is -0.468 e. The molecule has 1 aliphatic carbocycles. The monoisotopic (exact) mass is 257 g/mol. The number of ether oxygens (including phenoxy) is 2. The zero-order valence-corrected chi connectivity index (χ0v) is 12.0. The third-order valence-electron chi connectivity index (χ3n) is 3.91. The molecule has 0 saturated heterocycles. The highest BCUT2D eigenvalue weighted by atomic mass is 16.5. The molecule has 0 radical (unpaired) electrons. The Morgan fingerprint density at radius 3 is 2.28 bits per heavy atom. The summed E-state index contributed by atoms with van der Waals surface area (Å²) in [6, 6.07) is 0.404. The lowest BCUT2D eigenvalue weighted by Gasteiger charge is -2.34. The zero-order chi connectivity index (χ0) is 13.4. The van der Waals surface area contributed by atoms with Crippen LogP contribution < -0.4 is 5.32 Å². The van der Waals surface area contributed by atoms with Crippen LogP contribution in [-0.4, -0.2) is 38.4 Å². The summed E-state index contributed by atoms with van der Waals surface area (Å²) in [5.74, 6) is -0.212. The summed E-state index contributed by atoms with van der Waals surface area (Å²) < 4.78 is 10.2. The van der Waals surface area contributed by atoms with E-state index in [0.717, 1.165) is 12.8 Å². The second-order valence-electron chi connectivity index (χ2n) is 5.19. The van der Waals surface area contributed by atoms with Crippen molar-refractivity contribution in [3.8, 4) is 0 Å². The van der Waals surface area contributed by atoms with Crippen molar-refractivity contribution in [2.75, 3.05) is 20.8 Å². The van der Waals surface area contributed by atoms with Gasteiger partial charge in [0, 0.05) is 13.2 Å². The first-order chi connectivity index (χ1) is 8.68. The first-order valence-corrected chi connectivity index (χ1v) is 7.03. The standard InChI is InChI=1S/C14H27NO3/c1-4-14(11-17-2,13(16)18-3)15-12-9-7-5-6-8-10-12/h12,15H,4-11H2,1-3H3. The van der Waals surface area contributed by atoms with Crippen LogP contribution in [0.25, 0.3) is 0 Å². The van der Waals surface area contributed by atoms with E-state index in [0.29, 0.717) is 19.1 Å². The lowest BCUT2D eigenvalue weighted by atomic mass is 9.94. The van der Waals surface area contributed by atoms with Gasteiger partial charge in [0.05, 0.1) is 13.7 Å². The van der Waals surface area contributed by atoms with E-state index in [1.54, 1.807) is 7.11 Å². The van der Waals surface area contributed by atoms with Crippen molar-refractivity contribution in [3.63, 3.8) is 0 Å². The summed E-state index contributed by atoms with van der Waals surface area (Å²) in [7, 11) is 3.07. The number of esters is 1. The van der Waals surface area contributed by atoms with Crippen LogP contribution in [-0.2, 0) is 14.3 Å². The number of carbonyl (C=O) groups is 1. The summed E-state index contributed by atoms with van der Waals surface area (Å²) >= 11 is 0. The molecule has 0 heterocycles. The molecule has 1 rings (SSSR count). The number of nitrogens with one attached hydrogen (secondary N) is 1. The van der Waals surface area contributed by atoms with Gasteiger partial charge in [-0.15, -0.1) is 0 Å². The average Bonchev–Trinajstić information content (AvgIpc) is 2.65. The molecule has 1 atom stereocenters. The normalized spacial score (nSPS) is 21.1. The predicted octanol–water partition coefficient (Wildman–Crippen LogP) is 2.27. The molecule has 1 aliphatic rings. The van der Waals surface area contributed by atoms with E-state index in [4.69, 9.17) is 9.47 Å². The Bertz CT molecular complexity index is 249. The van der Waals surface area contributed by atoms with Gasteiger partial charge in [0.15, 0.2) is 0 Å². The van der Waals surface area contributed by atoms with Crippen LogP contribution in [0.3, 0.4) is 0 Å². The fourth-order valence-electron chi connectivity index (χ4n) is 2.76. The van der Waals surface area contributed by atoms with Gasteiger partial charge >= 0.3 is 5.97 Å². The van der Waals surface area contributed by atoms with Crippen LogP contribution in [0.5, 0.6) is 0 Å². The van der Waals surface area contributed by atoms with Crippen LogP contribution in [0.15, 0.2) is 0 Å². The predicted molar refractivity (Wildman–Crippen MR) is 71.5 cm³/mol. The molecule has 4 heteroatoms. The third-order valence-corrected chi connectivity index (χ3v) is 3.91. The molecule has 0 aromatic rings. The SMILES string of the molecule is CCC(COC)(NC1CCCCCC1)C(=O)OC. The number of hydrogen-bond acceptors (Lipinski definition) is 4. The van der Waals surface area contributed by atoms with Crippen molar-refractivity contribution in [1.82, 2.24) is 5.32 Å². The molecule has 0 aromatic heterocycles. The van der Waals surface area contributed by atoms with Crippen molar-refractivity contribution in [3.05, 3.63) is 0 Å². The van der Waals surface area contributed by atoms with Crippen LogP contribution in [0.2, 0.25) is 0 Å². The summed E-state index contributed by atoms with van der Waals surface area (Å²) in [4.78, 5) is 12.0. The van der Waals surface area contributed by atoms with Gasteiger partial charge in [-0.05, 0) is 19.3 Å². The van der Waals surface area contributed by atoms with Gasteiger partial charge in [-0.25, -0.2) is 4.79 Å². The molecule has 4 nitrogen and oxygen atoms in total. The summed E-state index contributed by atoms with van der Waals surface area (Å²) in [5.41, 5.74) is -0.682. The highest BCUT2D eigenvalue weighted by Crippen LogP contribution is 2.22. The fraction of sp³-hybridized carbons (Fsp3) is 0.929. The first-order valence-electron chi connectivity index (χ1n) is 7.03. The Balaban J connectivity index is 2.71. The highest BCUT2D eigenvalue weighted by Gasteiger charge is 2.39. The van der Waals surface area contributed by atoms with Gasteiger partial charge in [-0.3, -0.25) is 5.32 Å². The summed E-state index contributed by atoms with van der Waals surface area (Å²) in [6.07, 6.45) is 8.06. The Morgan fingerprint density at radius 1 is 1.22 bits per heavy atom. The van der Waals surface area contributed by atoms with Crippen molar-refractivity contribution < 1.29 is 14.3 Å². The van der Waals surface area contributed by atoms with E-state index in [1.165, 1.54) is 32.8 Å². The maximum atomic E-state index is 12.0. The smallest absolute Gasteiger partial charge is 0.328 e.